The van der Waals surface area contributed by atoms with Gasteiger partial charge in [0.15, 0.2) is 0 Å². The van der Waals surface area contributed by atoms with Crippen molar-refractivity contribution in [3.8, 4) is 0 Å². The molecule has 21 heavy (non-hydrogen) atoms. The standard InChI is InChI=1S/C13H15N3O4S/c1-2-5-14-11-4-3-10(16(19)20)6-9(11)7-15-12(17)8-21-13(15)18/h3-4,6,14H,2,5,7-8H2,1H3. The smallest absolute Gasteiger partial charge is 0.289 e. The molecule has 0 radical (unpaired) electrons. The lowest BCUT2D eigenvalue weighted by Crippen LogP contribution is -2.28. The summed E-state index contributed by atoms with van der Waals surface area (Å²) >= 11 is 0.950. The molecule has 0 spiro atoms. The maximum absolute atomic E-state index is 11.7. The third-order valence-corrected chi connectivity index (χ3v) is 3.89. The number of non-ortho nitro benzene ring substituents is 1. The van der Waals surface area contributed by atoms with Crippen LogP contribution in [-0.2, 0) is 11.3 Å². The Labute approximate surface area is 125 Å². The number of anilines is 1. The number of hydrogen-bond donors (Lipinski definition) is 1. The summed E-state index contributed by atoms with van der Waals surface area (Å²) in [6.07, 6.45) is 0.897. The van der Waals surface area contributed by atoms with Crippen LogP contribution >= 0.6 is 11.8 Å². The first kappa shape index (κ1) is 15.3. The number of nitro benzene ring substituents is 1. The topological polar surface area (TPSA) is 92.6 Å². The largest absolute Gasteiger partial charge is 0.385 e. The molecule has 0 atom stereocenters. The lowest BCUT2D eigenvalue weighted by Gasteiger charge is -2.16. The molecule has 0 saturated carbocycles. The van der Waals surface area contributed by atoms with Crippen LogP contribution < -0.4 is 5.32 Å². The van der Waals surface area contributed by atoms with Gasteiger partial charge in [-0.25, -0.2) is 0 Å². The molecular formula is C13H15N3O4S. The van der Waals surface area contributed by atoms with Gasteiger partial charge in [-0.05, 0) is 12.5 Å². The maximum Gasteiger partial charge on any atom is 0.289 e. The van der Waals surface area contributed by atoms with Crippen molar-refractivity contribution in [2.24, 2.45) is 0 Å². The highest BCUT2D eigenvalue weighted by Gasteiger charge is 2.30. The SMILES string of the molecule is CCCNc1ccc([N+](=O)[O-])cc1CN1C(=O)CSC1=O. The Bertz CT molecular complexity index is 575. The molecule has 1 aromatic carbocycles. The van der Waals surface area contributed by atoms with Gasteiger partial charge in [-0.3, -0.25) is 24.6 Å². The Morgan fingerprint density at radius 1 is 1.43 bits per heavy atom. The van der Waals surface area contributed by atoms with Crippen molar-refractivity contribution in [2.75, 3.05) is 17.6 Å². The first-order valence-corrected chi connectivity index (χ1v) is 7.49. The second-order valence-electron chi connectivity index (χ2n) is 4.56. The number of carbonyl (C=O) groups is 2. The van der Waals surface area contributed by atoms with E-state index in [0.717, 1.165) is 23.1 Å². The minimum Gasteiger partial charge on any atom is -0.385 e. The Kier molecular flexibility index (Phi) is 4.79. The Hall–Kier alpha value is -2.09. The fourth-order valence-corrected chi connectivity index (χ4v) is 2.69. The first-order valence-electron chi connectivity index (χ1n) is 6.51. The number of nitrogens with zero attached hydrogens (tertiary/aromatic N) is 2. The molecule has 1 aliphatic rings. The quantitative estimate of drug-likeness (QED) is 0.641. The summed E-state index contributed by atoms with van der Waals surface area (Å²) in [6, 6.07) is 4.42. The summed E-state index contributed by atoms with van der Waals surface area (Å²) in [6.45, 7) is 2.77. The second-order valence-corrected chi connectivity index (χ2v) is 5.49. The van der Waals surface area contributed by atoms with E-state index in [9.17, 15) is 19.7 Å². The van der Waals surface area contributed by atoms with Crippen molar-refractivity contribution in [3.63, 3.8) is 0 Å². The lowest BCUT2D eigenvalue weighted by molar-refractivity contribution is -0.384. The molecular weight excluding hydrogens is 294 g/mol. The minimum atomic E-state index is -0.491. The molecule has 1 saturated heterocycles. The number of imide groups is 1. The highest BCUT2D eigenvalue weighted by atomic mass is 32.2. The van der Waals surface area contributed by atoms with Crippen molar-refractivity contribution in [2.45, 2.75) is 19.9 Å². The zero-order chi connectivity index (χ0) is 15.4. The van der Waals surface area contributed by atoms with E-state index in [1.807, 2.05) is 6.92 Å². The highest BCUT2D eigenvalue weighted by Crippen LogP contribution is 2.27. The molecule has 2 amide bonds. The fourth-order valence-electron chi connectivity index (χ4n) is 1.96. The molecule has 1 aromatic rings. The van der Waals surface area contributed by atoms with Gasteiger partial charge in [0, 0.05) is 29.9 Å². The third-order valence-electron chi connectivity index (χ3n) is 3.03. The molecule has 1 heterocycles. The lowest BCUT2D eigenvalue weighted by atomic mass is 10.1. The van der Waals surface area contributed by atoms with E-state index in [4.69, 9.17) is 0 Å². The summed E-state index contributed by atoms with van der Waals surface area (Å²) in [4.78, 5) is 34.8. The molecule has 1 aliphatic heterocycles. The summed E-state index contributed by atoms with van der Waals surface area (Å²) in [5.74, 6) is -0.135. The van der Waals surface area contributed by atoms with Gasteiger partial charge in [0.25, 0.3) is 10.9 Å². The van der Waals surface area contributed by atoms with Gasteiger partial charge in [-0.15, -0.1) is 0 Å². The van der Waals surface area contributed by atoms with E-state index in [0.29, 0.717) is 17.8 Å². The van der Waals surface area contributed by atoms with Crippen LogP contribution in [0.15, 0.2) is 18.2 Å². The normalized spacial score (nSPS) is 14.6. The zero-order valence-electron chi connectivity index (χ0n) is 11.5. The van der Waals surface area contributed by atoms with E-state index in [2.05, 4.69) is 5.32 Å². The molecule has 0 aliphatic carbocycles. The van der Waals surface area contributed by atoms with Crippen LogP contribution in [0.3, 0.4) is 0 Å². The van der Waals surface area contributed by atoms with Crippen LogP contribution in [0, 0.1) is 10.1 Å². The number of nitro groups is 1. The van der Waals surface area contributed by atoms with Crippen molar-refractivity contribution >= 4 is 34.3 Å². The van der Waals surface area contributed by atoms with Gasteiger partial charge in [-0.2, -0.15) is 0 Å². The first-order chi connectivity index (χ1) is 10.0. The molecule has 112 valence electrons. The fraction of sp³-hybridized carbons (Fsp3) is 0.385. The minimum absolute atomic E-state index is 0.0540. The summed E-state index contributed by atoms with van der Waals surface area (Å²) in [5.41, 5.74) is 1.22. The van der Waals surface area contributed by atoms with E-state index < -0.39 is 4.92 Å². The summed E-state index contributed by atoms with van der Waals surface area (Å²) in [7, 11) is 0. The van der Waals surface area contributed by atoms with E-state index in [1.165, 1.54) is 12.1 Å². The number of nitrogens with one attached hydrogen (secondary N) is 1. The molecule has 2 rings (SSSR count). The summed E-state index contributed by atoms with van der Waals surface area (Å²) in [5, 5.41) is 13.7. The molecule has 1 fully saturated rings. The molecule has 0 unspecified atom stereocenters. The Morgan fingerprint density at radius 3 is 2.76 bits per heavy atom. The number of carbonyl (C=O) groups excluding carboxylic acids is 2. The number of amides is 2. The van der Waals surface area contributed by atoms with Crippen LogP contribution in [0.4, 0.5) is 16.2 Å². The van der Waals surface area contributed by atoms with Crippen molar-refractivity contribution < 1.29 is 14.5 Å². The predicted octanol–water partition coefficient (Wildman–Crippen LogP) is 2.61. The average molecular weight is 309 g/mol. The monoisotopic (exact) mass is 309 g/mol. The Morgan fingerprint density at radius 2 is 2.19 bits per heavy atom. The summed E-state index contributed by atoms with van der Waals surface area (Å²) < 4.78 is 0. The second kappa shape index (κ2) is 6.57. The van der Waals surface area contributed by atoms with E-state index >= 15 is 0 Å². The van der Waals surface area contributed by atoms with Gasteiger partial charge in [0.05, 0.1) is 17.2 Å². The van der Waals surface area contributed by atoms with Crippen LogP contribution in [-0.4, -0.2) is 33.3 Å². The number of rotatable bonds is 6. The van der Waals surface area contributed by atoms with Crippen LogP contribution in [0.5, 0.6) is 0 Å². The van der Waals surface area contributed by atoms with Crippen molar-refractivity contribution in [1.29, 1.82) is 0 Å². The number of thioether (sulfide) groups is 1. The van der Waals surface area contributed by atoms with E-state index in [-0.39, 0.29) is 29.1 Å². The number of hydrogen-bond acceptors (Lipinski definition) is 6. The van der Waals surface area contributed by atoms with Crippen molar-refractivity contribution in [1.82, 2.24) is 4.90 Å². The molecule has 8 heteroatoms. The van der Waals surface area contributed by atoms with Crippen molar-refractivity contribution in [3.05, 3.63) is 33.9 Å². The van der Waals surface area contributed by atoms with E-state index in [1.54, 1.807) is 6.07 Å². The van der Waals surface area contributed by atoms with Gasteiger partial charge in [0.2, 0.25) is 5.91 Å². The molecule has 0 aromatic heterocycles. The van der Waals surface area contributed by atoms with Gasteiger partial charge in [0.1, 0.15) is 0 Å². The maximum atomic E-state index is 11.7. The van der Waals surface area contributed by atoms with Gasteiger partial charge >= 0.3 is 0 Å². The third kappa shape index (κ3) is 3.52. The van der Waals surface area contributed by atoms with Crippen LogP contribution in [0.25, 0.3) is 0 Å². The van der Waals surface area contributed by atoms with Crippen LogP contribution in [0.2, 0.25) is 0 Å². The van der Waals surface area contributed by atoms with Gasteiger partial charge in [-0.1, -0.05) is 18.7 Å². The molecule has 1 N–H and O–H groups in total. The Balaban J connectivity index is 2.29. The molecule has 0 bridgehead atoms. The van der Waals surface area contributed by atoms with Gasteiger partial charge < -0.3 is 5.32 Å². The number of benzene rings is 1. The molecule has 7 nitrogen and oxygen atoms in total. The van der Waals surface area contributed by atoms with Crippen LogP contribution in [0.1, 0.15) is 18.9 Å². The zero-order valence-corrected chi connectivity index (χ0v) is 12.3. The predicted molar refractivity (Wildman–Crippen MR) is 80.3 cm³/mol. The average Bonchev–Trinajstić information content (AvgIpc) is 2.77. The highest BCUT2D eigenvalue weighted by molar-refractivity contribution is 8.14.